The summed E-state index contributed by atoms with van der Waals surface area (Å²) >= 11 is 6.41. The average molecular weight is 493 g/mol. The monoisotopic (exact) mass is 492 g/mol. The number of anilines is 3. The van der Waals surface area contributed by atoms with Crippen LogP contribution in [0.2, 0.25) is 5.02 Å². The molecule has 3 N–H and O–H groups in total. The highest BCUT2D eigenvalue weighted by Crippen LogP contribution is 2.28. The van der Waals surface area contributed by atoms with Crippen molar-refractivity contribution in [1.29, 1.82) is 0 Å². The number of ether oxygens (including phenoxy) is 2. The average Bonchev–Trinajstić information content (AvgIpc) is 3.28. The number of nitrogens with zero attached hydrogens (tertiary/aromatic N) is 4. The number of aromatic nitrogens is 3. The van der Waals surface area contributed by atoms with Crippen molar-refractivity contribution in [2.75, 3.05) is 31.4 Å². The van der Waals surface area contributed by atoms with Crippen LogP contribution in [0.1, 0.15) is 16.1 Å². The molecule has 0 unspecified atom stereocenters. The zero-order valence-corrected chi connectivity index (χ0v) is 20.3. The Kier molecular flexibility index (Phi) is 7.07. The molecule has 0 bridgehead atoms. The molecule has 0 atom stereocenters. The fourth-order valence-corrected chi connectivity index (χ4v) is 3.60. The van der Waals surface area contributed by atoms with E-state index < -0.39 is 5.91 Å². The number of benzene rings is 2. The van der Waals surface area contributed by atoms with E-state index in [4.69, 9.17) is 26.8 Å². The van der Waals surface area contributed by atoms with Gasteiger partial charge in [0, 0.05) is 42.6 Å². The number of pyridine rings is 1. The number of hydrogen-bond donors (Lipinski definition) is 2. The molecule has 0 aliphatic carbocycles. The number of carbonyl (C=O) groups is 1. The van der Waals surface area contributed by atoms with Crippen molar-refractivity contribution in [3.8, 4) is 17.2 Å². The second-order valence-corrected chi connectivity index (χ2v) is 8.24. The van der Waals surface area contributed by atoms with Crippen molar-refractivity contribution in [3.05, 3.63) is 83.3 Å². The molecular weight excluding hydrogens is 468 g/mol. The molecule has 0 fully saturated rings. The van der Waals surface area contributed by atoms with Gasteiger partial charge in [0.15, 0.2) is 11.4 Å². The molecule has 2 heterocycles. The number of carbonyl (C=O) groups excluding carboxylic acids is 1. The molecule has 2 aromatic carbocycles. The van der Waals surface area contributed by atoms with E-state index in [-0.39, 0.29) is 18.1 Å². The molecule has 1 amide bonds. The highest BCUT2D eigenvalue weighted by Gasteiger charge is 2.18. The summed E-state index contributed by atoms with van der Waals surface area (Å²) in [7, 11) is 5.47. The van der Waals surface area contributed by atoms with Crippen LogP contribution in [0.5, 0.6) is 11.5 Å². The topological polar surface area (TPSA) is 108 Å². The third-order valence-electron chi connectivity index (χ3n) is 5.23. The number of primary amides is 1. The molecule has 4 aromatic rings. The molecule has 180 valence electrons. The van der Waals surface area contributed by atoms with Gasteiger partial charge in [0.25, 0.3) is 5.91 Å². The van der Waals surface area contributed by atoms with Gasteiger partial charge in [-0.1, -0.05) is 29.8 Å². The quantitative estimate of drug-likeness (QED) is 0.356. The molecule has 0 saturated heterocycles. The van der Waals surface area contributed by atoms with Gasteiger partial charge in [-0.3, -0.25) is 4.79 Å². The lowest BCUT2D eigenvalue weighted by atomic mass is 10.2. The van der Waals surface area contributed by atoms with E-state index in [0.29, 0.717) is 22.3 Å². The number of nitrogens with one attached hydrogen (secondary N) is 1. The van der Waals surface area contributed by atoms with Crippen molar-refractivity contribution in [3.63, 3.8) is 0 Å². The van der Waals surface area contributed by atoms with Gasteiger partial charge in [0.2, 0.25) is 0 Å². The zero-order chi connectivity index (χ0) is 24.9. The fourth-order valence-electron chi connectivity index (χ4n) is 3.37. The molecule has 9 nitrogen and oxygen atoms in total. The predicted octanol–water partition coefficient (Wildman–Crippen LogP) is 4.42. The van der Waals surface area contributed by atoms with E-state index in [2.05, 4.69) is 15.4 Å². The Morgan fingerprint density at radius 2 is 1.94 bits per heavy atom. The van der Waals surface area contributed by atoms with E-state index in [9.17, 15) is 4.79 Å². The first-order valence-electron chi connectivity index (χ1n) is 10.7. The highest BCUT2D eigenvalue weighted by molar-refractivity contribution is 6.31. The Bertz CT molecular complexity index is 1350. The third-order valence-corrected chi connectivity index (χ3v) is 5.58. The van der Waals surface area contributed by atoms with Crippen LogP contribution < -0.4 is 25.4 Å². The second kappa shape index (κ2) is 10.4. The largest absolute Gasteiger partial charge is 0.495 e. The number of nitrogens with two attached hydrogens (primary N) is 1. The van der Waals surface area contributed by atoms with Gasteiger partial charge < -0.3 is 25.4 Å². The van der Waals surface area contributed by atoms with Gasteiger partial charge in [-0.15, -0.1) is 0 Å². The van der Waals surface area contributed by atoms with Crippen molar-refractivity contribution < 1.29 is 14.3 Å². The third kappa shape index (κ3) is 5.47. The first kappa shape index (κ1) is 23.9. The minimum absolute atomic E-state index is 0.0158. The molecule has 2 aromatic heterocycles. The van der Waals surface area contributed by atoms with Gasteiger partial charge in [-0.05, 0) is 30.3 Å². The predicted molar refractivity (Wildman–Crippen MR) is 136 cm³/mol. The van der Waals surface area contributed by atoms with Gasteiger partial charge in [-0.25, -0.2) is 9.67 Å². The van der Waals surface area contributed by atoms with Crippen molar-refractivity contribution in [2.24, 2.45) is 5.73 Å². The summed E-state index contributed by atoms with van der Waals surface area (Å²) in [5, 5.41) is 8.12. The highest BCUT2D eigenvalue weighted by atomic mass is 35.5. The smallest absolute Gasteiger partial charge is 0.273 e. The van der Waals surface area contributed by atoms with Crippen LogP contribution in [0.15, 0.2) is 67.0 Å². The second-order valence-electron chi connectivity index (χ2n) is 7.83. The summed E-state index contributed by atoms with van der Waals surface area (Å²) in [6, 6.07) is 16.7. The Hall–Kier alpha value is -4.24. The molecule has 10 heteroatoms. The maximum Gasteiger partial charge on any atom is 0.273 e. The lowest BCUT2D eigenvalue weighted by Crippen LogP contribution is -2.14. The van der Waals surface area contributed by atoms with Gasteiger partial charge in [0.05, 0.1) is 24.7 Å². The van der Waals surface area contributed by atoms with E-state index in [0.717, 1.165) is 16.9 Å². The van der Waals surface area contributed by atoms with E-state index in [1.807, 2.05) is 61.5 Å². The number of hydrogen-bond acceptors (Lipinski definition) is 7. The lowest BCUT2D eigenvalue weighted by Gasteiger charge is -2.14. The first-order chi connectivity index (χ1) is 16.9. The van der Waals surface area contributed by atoms with Crippen LogP contribution in [0, 0.1) is 0 Å². The fraction of sp³-hybridized carbons (Fsp3) is 0.160. The van der Waals surface area contributed by atoms with E-state index in [1.165, 1.54) is 4.68 Å². The van der Waals surface area contributed by atoms with Gasteiger partial charge in [0.1, 0.15) is 18.2 Å². The van der Waals surface area contributed by atoms with Crippen molar-refractivity contribution >= 4 is 34.7 Å². The number of halogens is 1. The van der Waals surface area contributed by atoms with Crippen molar-refractivity contribution in [1.82, 2.24) is 14.8 Å². The van der Waals surface area contributed by atoms with Crippen LogP contribution >= 0.6 is 11.6 Å². The van der Waals surface area contributed by atoms with Crippen LogP contribution in [-0.2, 0) is 6.61 Å². The summed E-state index contributed by atoms with van der Waals surface area (Å²) < 4.78 is 12.8. The maximum atomic E-state index is 12.0. The number of rotatable bonds is 9. The number of amides is 1. The first-order valence-corrected chi connectivity index (χ1v) is 11.1. The number of methoxy groups -OCH3 is 1. The molecule has 0 aliphatic heterocycles. The van der Waals surface area contributed by atoms with E-state index >= 15 is 0 Å². The molecule has 0 radical (unpaired) electrons. The minimum Gasteiger partial charge on any atom is -0.495 e. The van der Waals surface area contributed by atoms with Crippen LogP contribution in [0.3, 0.4) is 0 Å². The SMILES string of the molecule is COc1ccccc1Nc1cc(-n2cc(OCc3ccc(N(C)C)cc3Cl)c(C(N)=O)n2)ccn1. The van der Waals surface area contributed by atoms with Crippen LogP contribution in [0.4, 0.5) is 17.2 Å². The molecule has 35 heavy (non-hydrogen) atoms. The Morgan fingerprint density at radius 1 is 1.14 bits per heavy atom. The number of para-hydroxylation sites is 2. The van der Waals surface area contributed by atoms with E-state index in [1.54, 1.807) is 31.6 Å². The Balaban J connectivity index is 1.57. The maximum absolute atomic E-state index is 12.0. The molecule has 0 spiro atoms. The summed E-state index contributed by atoms with van der Waals surface area (Å²) in [5.74, 6) is 0.802. The van der Waals surface area contributed by atoms with Gasteiger partial charge >= 0.3 is 0 Å². The summed E-state index contributed by atoms with van der Waals surface area (Å²) in [5.41, 5.74) is 8.73. The Labute approximate surface area is 208 Å². The molecular formula is C25H25ClN6O3. The lowest BCUT2D eigenvalue weighted by molar-refractivity contribution is 0.0991. The Morgan fingerprint density at radius 3 is 2.66 bits per heavy atom. The van der Waals surface area contributed by atoms with Crippen molar-refractivity contribution in [2.45, 2.75) is 6.61 Å². The summed E-state index contributed by atoms with van der Waals surface area (Å²) in [6.45, 7) is 0.148. The normalized spacial score (nSPS) is 10.6. The standard InChI is InChI=1S/C25H25ClN6O3/c1-31(2)17-9-8-16(19(26)12-17)15-35-22-14-32(30-24(22)25(27)33)18-10-11-28-23(13-18)29-20-6-4-5-7-21(20)34-3/h4-14H,15H2,1-3H3,(H2,27,33)(H,28,29). The van der Waals surface area contributed by atoms with Crippen LogP contribution in [0.25, 0.3) is 5.69 Å². The summed E-state index contributed by atoms with van der Waals surface area (Å²) in [4.78, 5) is 18.4. The van der Waals surface area contributed by atoms with Gasteiger partial charge in [-0.2, -0.15) is 5.10 Å². The molecule has 0 aliphatic rings. The minimum atomic E-state index is -0.700. The summed E-state index contributed by atoms with van der Waals surface area (Å²) in [6.07, 6.45) is 3.23. The zero-order valence-electron chi connectivity index (χ0n) is 19.5. The van der Waals surface area contributed by atoms with Crippen LogP contribution in [-0.4, -0.2) is 41.9 Å². The molecule has 4 rings (SSSR count). The molecule has 0 saturated carbocycles.